The number of nitrogens with one attached hydrogen (secondary N) is 4. The Bertz CT molecular complexity index is 1120. The molecule has 4 N–H and O–H groups in total. The summed E-state index contributed by atoms with van der Waals surface area (Å²) in [7, 11) is 0. The van der Waals surface area contributed by atoms with Gasteiger partial charge in [-0.05, 0) is 63.4 Å². The molecule has 0 bridgehead atoms. The zero-order chi connectivity index (χ0) is 27.8. The fourth-order valence-corrected chi connectivity index (χ4v) is 3.46. The number of hydrogen-bond acceptors (Lipinski definition) is 4. The summed E-state index contributed by atoms with van der Waals surface area (Å²) in [5.41, 5.74) is 1.61. The predicted octanol–water partition coefficient (Wildman–Crippen LogP) is 3.63. The van der Waals surface area contributed by atoms with E-state index in [2.05, 4.69) is 27.3 Å². The van der Waals surface area contributed by atoms with Crippen molar-refractivity contribution < 1.29 is 27.6 Å². The molecule has 202 valence electrons. The first-order valence-corrected chi connectivity index (χ1v) is 12.1. The Morgan fingerprint density at radius 3 is 2.32 bits per heavy atom. The minimum atomic E-state index is -4.59. The van der Waals surface area contributed by atoms with Crippen LogP contribution < -0.4 is 21.3 Å². The minimum absolute atomic E-state index is 0.131. The number of benzene rings is 2. The lowest BCUT2D eigenvalue weighted by molar-refractivity contribution is -0.137. The van der Waals surface area contributed by atoms with Crippen molar-refractivity contribution in [1.82, 2.24) is 21.3 Å². The standard InChI is InChI=1S/C27H35F3N4O3/c1-6-26(4,5)34-25(37)22(15-31-14-20-11-10-17(2)12-18(20)3)33-23(35)16-32-24(36)19-8-7-9-21(13-19)27(28,29)30/h7-13,22,31H,6,14-16H2,1-5H3,(H,32,36)(H,33,35)(H,34,37)/t22-/m0/s1. The number of amides is 3. The van der Waals surface area contributed by atoms with Gasteiger partial charge in [0, 0.05) is 24.2 Å². The SMILES string of the molecule is CCC(C)(C)NC(=O)[C@H](CNCc1ccc(C)cc1C)NC(=O)CNC(=O)c1cccc(C(F)(F)F)c1. The summed E-state index contributed by atoms with van der Waals surface area (Å²) in [6, 6.07) is 9.02. The highest BCUT2D eigenvalue weighted by Crippen LogP contribution is 2.29. The van der Waals surface area contributed by atoms with Crippen LogP contribution in [0.15, 0.2) is 42.5 Å². The number of aryl methyl sites for hydroxylation is 2. The molecule has 0 heterocycles. The van der Waals surface area contributed by atoms with Gasteiger partial charge in [-0.15, -0.1) is 0 Å². The molecule has 10 heteroatoms. The average Bonchev–Trinajstić information content (AvgIpc) is 2.82. The second kappa shape index (κ2) is 12.7. The quantitative estimate of drug-likeness (QED) is 0.364. The Balaban J connectivity index is 2.02. The van der Waals surface area contributed by atoms with Crippen molar-refractivity contribution in [2.45, 2.75) is 65.3 Å². The summed E-state index contributed by atoms with van der Waals surface area (Å²) in [5.74, 6) is -1.87. The molecular formula is C27H35F3N4O3. The first kappa shape index (κ1) is 29.8. The first-order valence-electron chi connectivity index (χ1n) is 12.1. The minimum Gasteiger partial charge on any atom is -0.349 e. The summed E-state index contributed by atoms with van der Waals surface area (Å²) in [4.78, 5) is 37.8. The highest BCUT2D eigenvalue weighted by molar-refractivity contribution is 5.97. The molecule has 0 unspecified atom stereocenters. The van der Waals surface area contributed by atoms with Crippen LogP contribution in [0, 0.1) is 13.8 Å². The van der Waals surface area contributed by atoms with Crippen molar-refractivity contribution in [2.75, 3.05) is 13.1 Å². The van der Waals surface area contributed by atoms with Crippen LogP contribution in [0.25, 0.3) is 0 Å². The van der Waals surface area contributed by atoms with Crippen LogP contribution >= 0.6 is 0 Å². The first-order chi connectivity index (χ1) is 17.2. The average molecular weight is 521 g/mol. The molecule has 0 saturated carbocycles. The van der Waals surface area contributed by atoms with Crippen molar-refractivity contribution in [3.63, 3.8) is 0 Å². The summed E-state index contributed by atoms with van der Waals surface area (Å²) in [5, 5.41) is 11.0. The Morgan fingerprint density at radius 1 is 1.00 bits per heavy atom. The molecule has 7 nitrogen and oxygen atoms in total. The zero-order valence-electron chi connectivity index (χ0n) is 21.8. The van der Waals surface area contributed by atoms with Crippen LogP contribution in [0.1, 0.15) is 59.8 Å². The van der Waals surface area contributed by atoms with Crippen molar-refractivity contribution in [2.24, 2.45) is 0 Å². The van der Waals surface area contributed by atoms with E-state index in [-0.39, 0.29) is 12.1 Å². The summed E-state index contributed by atoms with van der Waals surface area (Å²) in [6.07, 6.45) is -3.92. The van der Waals surface area contributed by atoms with Crippen LogP contribution in [0.4, 0.5) is 13.2 Å². The third kappa shape index (κ3) is 9.53. The lowest BCUT2D eigenvalue weighted by Gasteiger charge is -2.28. The maximum atomic E-state index is 12.9. The van der Waals surface area contributed by atoms with E-state index in [4.69, 9.17) is 0 Å². The van der Waals surface area contributed by atoms with Gasteiger partial charge in [0.1, 0.15) is 6.04 Å². The van der Waals surface area contributed by atoms with E-state index in [9.17, 15) is 27.6 Å². The normalized spacial score (nSPS) is 12.5. The van der Waals surface area contributed by atoms with Crippen molar-refractivity contribution >= 4 is 17.7 Å². The summed E-state index contributed by atoms with van der Waals surface area (Å²) in [6.45, 7) is 9.75. The van der Waals surface area contributed by atoms with Gasteiger partial charge < -0.3 is 21.3 Å². The number of carbonyl (C=O) groups excluding carboxylic acids is 3. The summed E-state index contributed by atoms with van der Waals surface area (Å²) < 4.78 is 38.8. The Kier molecular flexibility index (Phi) is 10.2. The molecule has 2 rings (SSSR count). The molecule has 3 amide bonds. The highest BCUT2D eigenvalue weighted by Gasteiger charge is 2.31. The number of hydrogen-bond donors (Lipinski definition) is 4. The molecule has 1 atom stereocenters. The van der Waals surface area contributed by atoms with Crippen LogP contribution in [0.3, 0.4) is 0 Å². The number of halogens is 3. The molecule has 0 radical (unpaired) electrons. The van der Waals surface area contributed by atoms with Gasteiger partial charge >= 0.3 is 6.18 Å². The fourth-order valence-electron chi connectivity index (χ4n) is 3.46. The lowest BCUT2D eigenvalue weighted by atomic mass is 10.0. The molecule has 2 aromatic rings. The Labute approximate surface area is 215 Å². The second-order valence-electron chi connectivity index (χ2n) is 9.67. The van der Waals surface area contributed by atoms with Crippen LogP contribution in [0.5, 0.6) is 0 Å². The van der Waals surface area contributed by atoms with Gasteiger partial charge in [-0.2, -0.15) is 13.2 Å². The molecular weight excluding hydrogens is 485 g/mol. The van der Waals surface area contributed by atoms with E-state index < -0.39 is 47.6 Å². The van der Waals surface area contributed by atoms with E-state index in [1.165, 1.54) is 6.07 Å². The maximum Gasteiger partial charge on any atom is 0.416 e. The third-order valence-corrected chi connectivity index (χ3v) is 6.02. The largest absolute Gasteiger partial charge is 0.416 e. The summed E-state index contributed by atoms with van der Waals surface area (Å²) >= 11 is 0. The Morgan fingerprint density at radius 2 is 1.70 bits per heavy atom. The van der Waals surface area contributed by atoms with Crippen molar-refractivity contribution in [3.05, 3.63) is 70.3 Å². The number of carbonyl (C=O) groups is 3. The van der Waals surface area contributed by atoms with Gasteiger partial charge in [0.25, 0.3) is 5.91 Å². The maximum absolute atomic E-state index is 12.9. The van der Waals surface area contributed by atoms with Gasteiger partial charge in [-0.3, -0.25) is 14.4 Å². The smallest absolute Gasteiger partial charge is 0.349 e. The van der Waals surface area contributed by atoms with E-state index in [1.807, 2.05) is 46.8 Å². The van der Waals surface area contributed by atoms with Gasteiger partial charge in [-0.25, -0.2) is 0 Å². The molecule has 0 aliphatic heterocycles. The van der Waals surface area contributed by atoms with Crippen LogP contribution in [-0.2, 0) is 22.3 Å². The van der Waals surface area contributed by atoms with E-state index in [1.54, 1.807) is 0 Å². The van der Waals surface area contributed by atoms with Gasteiger partial charge in [0.15, 0.2) is 0 Å². The van der Waals surface area contributed by atoms with Crippen LogP contribution in [-0.4, -0.2) is 42.4 Å². The fraction of sp³-hybridized carbons (Fsp3) is 0.444. The van der Waals surface area contributed by atoms with E-state index in [0.717, 1.165) is 28.8 Å². The van der Waals surface area contributed by atoms with Gasteiger partial charge in [0.2, 0.25) is 11.8 Å². The third-order valence-electron chi connectivity index (χ3n) is 6.02. The molecule has 0 saturated heterocycles. The molecule has 0 spiro atoms. The molecule has 0 fully saturated rings. The van der Waals surface area contributed by atoms with Gasteiger partial charge in [0.05, 0.1) is 12.1 Å². The van der Waals surface area contributed by atoms with E-state index >= 15 is 0 Å². The monoisotopic (exact) mass is 520 g/mol. The van der Waals surface area contributed by atoms with Crippen molar-refractivity contribution in [3.8, 4) is 0 Å². The zero-order valence-corrected chi connectivity index (χ0v) is 21.8. The lowest BCUT2D eigenvalue weighted by Crippen LogP contribution is -2.57. The molecule has 2 aromatic carbocycles. The molecule has 0 aromatic heterocycles. The predicted molar refractivity (Wildman–Crippen MR) is 136 cm³/mol. The number of rotatable bonds is 11. The number of alkyl halides is 3. The van der Waals surface area contributed by atoms with E-state index in [0.29, 0.717) is 19.0 Å². The highest BCUT2D eigenvalue weighted by atomic mass is 19.4. The van der Waals surface area contributed by atoms with Crippen molar-refractivity contribution in [1.29, 1.82) is 0 Å². The second-order valence-corrected chi connectivity index (χ2v) is 9.67. The van der Waals surface area contributed by atoms with Gasteiger partial charge in [-0.1, -0.05) is 36.8 Å². The topological polar surface area (TPSA) is 99.3 Å². The Hall–Kier alpha value is -3.40. The molecule has 0 aliphatic carbocycles. The van der Waals surface area contributed by atoms with Crippen LogP contribution in [0.2, 0.25) is 0 Å². The molecule has 0 aliphatic rings. The molecule has 37 heavy (non-hydrogen) atoms.